The molecule has 3 heteroatoms. The van der Waals surface area contributed by atoms with Crippen LogP contribution >= 0.6 is 0 Å². The summed E-state index contributed by atoms with van der Waals surface area (Å²) in [5, 5.41) is 3.31. The van der Waals surface area contributed by atoms with Gasteiger partial charge < -0.3 is 11.1 Å². The zero-order chi connectivity index (χ0) is 11.1. The zero-order valence-corrected chi connectivity index (χ0v) is 9.84. The smallest absolute Gasteiger partial charge is 0.135 e. The first-order valence-corrected chi connectivity index (χ1v) is 5.43. The Hall–Kier alpha value is -0.410. The van der Waals surface area contributed by atoms with Gasteiger partial charge in [0.1, 0.15) is 5.78 Å². The minimum absolute atomic E-state index is 0.128. The molecule has 0 amide bonds. The molecule has 0 aliphatic rings. The lowest BCUT2D eigenvalue weighted by atomic mass is 9.96. The van der Waals surface area contributed by atoms with Crippen LogP contribution in [0.4, 0.5) is 0 Å². The zero-order valence-electron chi connectivity index (χ0n) is 9.84. The SMILES string of the molecule is CC(C)NCC(CN)CC(=O)C(C)C. The van der Waals surface area contributed by atoms with Gasteiger partial charge in [0.15, 0.2) is 0 Å². The molecule has 14 heavy (non-hydrogen) atoms. The van der Waals surface area contributed by atoms with Gasteiger partial charge in [0.25, 0.3) is 0 Å². The van der Waals surface area contributed by atoms with E-state index < -0.39 is 0 Å². The van der Waals surface area contributed by atoms with E-state index in [1.165, 1.54) is 0 Å². The van der Waals surface area contributed by atoms with Crippen LogP contribution < -0.4 is 11.1 Å². The third kappa shape index (κ3) is 6.11. The van der Waals surface area contributed by atoms with Crippen molar-refractivity contribution in [3.8, 4) is 0 Å². The molecule has 1 atom stereocenters. The number of Topliss-reactive ketones (excluding diaryl/α,β-unsaturated/α-hetero) is 1. The standard InChI is InChI=1S/C11H24N2O/c1-8(2)11(14)5-10(6-12)7-13-9(3)4/h8-10,13H,5-7,12H2,1-4H3. The molecule has 0 aliphatic carbocycles. The molecule has 0 bridgehead atoms. The molecule has 3 N–H and O–H groups in total. The highest BCUT2D eigenvalue weighted by Gasteiger charge is 2.14. The van der Waals surface area contributed by atoms with Crippen molar-refractivity contribution in [1.82, 2.24) is 5.32 Å². The summed E-state index contributed by atoms with van der Waals surface area (Å²) in [6.45, 7) is 9.48. The summed E-state index contributed by atoms with van der Waals surface area (Å²) >= 11 is 0. The second kappa shape index (κ2) is 6.96. The van der Waals surface area contributed by atoms with Crippen molar-refractivity contribution in [3.05, 3.63) is 0 Å². The maximum atomic E-state index is 11.5. The van der Waals surface area contributed by atoms with Crippen molar-refractivity contribution in [3.63, 3.8) is 0 Å². The third-order valence-electron chi connectivity index (χ3n) is 2.28. The van der Waals surface area contributed by atoms with Crippen LogP contribution in [0.1, 0.15) is 34.1 Å². The quantitative estimate of drug-likeness (QED) is 0.648. The molecule has 0 aromatic carbocycles. The Balaban J connectivity index is 3.84. The Bertz CT molecular complexity index is 167. The van der Waals surface area contributed by atoms with E-state index in [4.69, 9.17) is 5.73 Å². The van der Waals surface area contributed by atoms with Gasteiger partial charge in [0, 0.05) is 18.4 Å². The molecule has 0 aliphatic heterocycles. The van der Waals surface area contributed by atoms with E-state index >= 15 is 0 Å². The van der Waals surface area contributed by atoms with Gasteiger partial charge in [-0.25, -0.2) is 0 Å². The fourth-order valence-corrected chi connectivity index (χ4v) is 1.16. The Morgan fingerprint density at radius 2 is 1.86 bits per heavy atom. The van der Waals surface area contributed by atoms with E-state index in [9.17, 15) is 4.79 Å². The van der Waals surface area contributed by atoms with Crippen molar-refractivity contribution in [2.45, 2.75) is 40.2 Å². The van der Waals surface area contributed by atoms with Crippen molar-refractivity contribution in [2.75, 3.05) is 13.1 Å². The molecule has 1 unspecified atom stereocenters. The number of nitrogens with one attached hydrogen (secondary N) is 1. The third-order valence-corrected chi connectivity index (χ3v) is 2.28. The molecule has 0 spiro atoms. The van der Waals surface area contributed by atoms with E-state index in [1.54, 1.807) is 0 Å². The second-order valence-electron chi connectivity index (χ2n) is 4.49. The molecule has 0 radical (unpaired) electrons. The lowest BCUT2D eigenvalue weighted by Gasteiger charge is -2.17. The molecule has 3 nitrogen and oxygen atoms in total. The van der Waals surface area contributed by atoms with Gasteiger partial charge in [-0.2, -0.15) is 0 Å². The summed E-state index contributed by atoms with van der Waals surface area (Å²) in [6, 6.07) is 0.457. The molecular formula is C11H24N2O. The highest BCUT2D eigenvalue weighted by Crippen LogP contribution is 2.07. The maximum absolute atomic E-state index is 11.5. The Morgan fingerprint density at radius 3 is 2.21 bits per heavy atom. The van der Waals surface area contributed by atoms with Crippen molar-refractivity contribution in [1.29, 1.82) is 0 Å². The topological polar surface area (TPSA) is 55.1 Å². The summed E-state index contributed by atoms with van der Waals surface area (Å²) in [5.74, 6) is 0.724. The fraction of sp³-hybridized carbons (Fsp3) is 0.909. The van der Waals surface area contributed by atoms with Crippen LogP contribution in [0.5, 0.6) is 0 Å². The van der Waals surface area contributed by atoms with Gasteiger partial charge in [-0.1, -0.05) is 27.7 Å². The van der Waals surface area contributed by atoms with E-state index in [0.717, 1.165) is 6.54 Å². The normalized spacial score (nSPS) is 13.6. The minimum Gasteiger partial charge on any atom is -0.330 e. The molecule has 0 aromatic heterocycles. The number of hydrogen-bond donors (Lipinski definition) is 2. The molecule has 0 aromatic rings. The van der Waals surface area contributed by atoms with Gasteiger partial charge >= 0.3 is 0 Å². The van der Waals surface area contributed by atoms with Crippen molar-refractivity contribution >= 4 is 5.78 Å². The molecule has 84 valence electrons. The summed E-state index contributed by atoms with van der Waals surface area (Å²) in [6.07, 6.45) is 0.605. The molecule has 0 heterocycles. The molecule has 0 fully saturated rings. The van der Waals surface area contributed by atoms with Gasteiger partial charge in [-0.05, 0) is 19.0 Å². The van der Waals surface area contributed by atoms with E-state index in [0.29, 0.717) is 24.8 Å². The monoisotopic (exact) mass is 200 g/mol. The number of hydrogen-bond acceptors (Lipinski definition) is 3. The number of ketones is 1. The first-order valence-electron chi connectivity index (χ1n) is 5.43. The number of rotatable bonds is 7. The van der Waals surface area contributed by atoms with E-state index in [2.05, 4.69) is 19.2 Å². The Kier molecular flexibility index (Phi) is 6.75. The van der Waals surface area contributed by atoms with Crippen molar-refractivity contribution in [2.24, 2.45) is 17.6 Å². The van der Waals surface area contributed by atoms with Gasteiger partial charge in [0.2, 0.25) is 0 Å². The average Bonchev–Trinajstić information content (AvgIpc) is 2.11. The predicted molar refractivity (Wildman–Crippen MR) is 60.1 cm³/mol. The van der Waals surface area contributed by atoms with E-state index in [1.807, 2.05) is 13.8 Å². The lowest BCUT2D eigenvalue weighted by molar-refractivity contribution is -0.122. The molecular weight excluding hydrogens is 176 g/mol. The van der Waals surface area contributed by atoms with Crippen LogP contribution in [-0.2, 0) is 4.79 Å². The van der Waals surface area contributed by atoms with E-state index in [-0.39, 0.29) is 11.8 Å². The summed E-state index contributed by atoms with van der Waals surface area (Å²) in [7, 11) is 0. The first kappa shape index (κ1) is 13.6. The number of carbonyl (C=O) groups excluding carboxylic acids is 1. The highest BCUT2D eigenvalue weighted by molar-refractivity contribution is 5.80. The van der Waals surface area contributed by atoms with Crippen LogP contribution in [-0.4, -0.2) is 24.9 Å². The predicted octanol–water partition coefficient (Wildman–Crippen LogP) is 1.17. The molecule has 0 saturated carbocycles. The Labute approximate surface area is 87.4 Å². The summed E-state index contributed by atoms with van der Waals surface area (Å²) < 4.78 is 0. The van der Waals surface area contributed by atoms with Crippen LogP contribution in [0.3, 0.4) is 0 Å². The van der Waals surface area contributed by atoms with Crippen LogP contribution in [0.25, 0.3) is 0 Å². The summed E-state index contributed by atoms with van der Waals surface area (Å²) in [5.41, 5.74) is 5.62. The number of nitrogens with two attached hydrogens (primary N) is 1. The first-order chi connectivity index (χ1) is 6.47. The van der Waals surface area contributed by atoms with Gasteiger partial charge in [0.05, 0.1) is 0 Å². The highest BCUT2D eigenvalue weighted by atomic mass is 16.1. The Morgan fingerprint density at radius 1 is 1.29 bits per heavy atom. The average molecular weight is 200 g/mol. The van der Waals surface area contributed by atoms with Crippen LogP contribution in [0, 0.1) is 11.8 Å². The van der Waals surface area contributed by atoms with Crippen LogP contribution in [0.15, 0.2) is 0 Å². The van der Waals surface area contributed by atoms with Gasteiger partial charge in [-0.3, -0.25) is 4.79 Å². The lowest BCUT2D eigenvalue weighted by Crippen LogP contribution is -2.34. The van der Waals surface area contributed by atoms with Gasteiger partial charge in [-0.15, -0.1) is 0 Å². The summed E-state index contributed by atoms with van der Waals surface area (Å²) in [4.78, 5) is 11.5. The fourth-order valence-electron chi connectivity index (χ4n) is 1.16. The minimum atomic E-state index is 0.128. The largest absolute Gasteiger partial charge is 0.330 e. The van der Waals surface area contributed by atoms with Crippen LogP contribution in [0.2, 0.25) is 0 Å². The molecule has 0 saturated heterocycles. The number of carbonyl (C=O) groups is 1. The molecule has 0 rings (SSSR count). The maximum Gasteiger partial charge on any atom is 0.135 e. The second-order valence-corrected chi connectivity index (χ2v) is 4.49. The van der Waals surface area contributed by atoms with Crippen molar-refractivity contribution < 1.29 is 4.79 Å².